The molecule has 2 aliphatic carbocycles. The van der Waals surface area contributed by atoms with Crippen LogP contribution in [0.5, 0.6) is 5.75 Å². The molecule has 4 rings (SSSR count). The molecule has 0 amide bonds. The Morgan fingerprint density at radius 3 is 2.00 bits per heavy atom. The van der Waals surface area contributed by atoms with E-state index in [-0.39, 0.29) is 29.4 Å². The van der Waals surface area contributed by atoms with E-state index in [1.54, 1.807) is 13.0 Å². The quantitative estimate of drug-likeness (QED) is 0.202. The number of rotatable bonds is 11. The van der Waals surface area contributed by atoms with E-state index >= 15 is 8.78 Å². The van der Waals surface area contributed by atoms with Gasteiger partial charge < -0.3 is 4.74 Å². The molecule has 0 spiro atoms. The Balaban J connectivity index is 1.27. The second kappa shape index (κ2) is 14.4. The fraction of sp³-hybridized carbons (Fsp3) is 0.588. The van der Waals surface area contributed by atoms with E-state index < -0.39 is 23.3 Å². The molecule has 0 bridgehead atoms. The molecule has 39 heavy (non-hydrogen) atoms. The number of benzene rings is 2. The summed E-state index contributed by atoms with van der Waals surface area (Å²) in [4.78, 5) is 0. The molecule has 0 saturated heterocycles. The predicted octanol–water partition coefficient (Wildman–Crippen LogP) is 10.9. The molecule has 0 radical (unpaired) electrons. The van der Waals surface area contributed by atoms with E-state index in [4.69, 9.17) is 4.74 Å². The summed E-state index contributed by atoms with van der Waals surface area (Å²) < 4.78 is 64.2. The third kappa shape index (κ3) is 7.46. The number of hydrogen-bond acceptors (Lipinski definition) is 1. The van der Waals surface area contributed by atoms with Crippen LogP contribution in [0.1, 0.15) is 109 Å². The molecular weight excluding hydrogens is 500 g/mol. The fourth-order valence-corrected chi connectivity index (χ4v) is 6.64. The molecule has 0 aliphatic heterocycles. The summed E-state index contributed by atoms with van der Waals surface area (Å²) in [6.45, 7) is 4.10. The second-order valence-corrected chi connectivity index (χ2v) is 11.6. The Hall–Kier alpha value is -2.30. The zero-order valence-corrected chi connectivity index (χ0v) is 23.6. The minimum atomic E-state index is -1.23. The van der Waals surface area contributed by atoms with Gasteiger partial charge in [0.25, 0.3) is 0 Å². The highest BCUT2D eigenvalue weighted by Crippen LogP contribution is 2.41. The minimum Gasteiger partial charge on any atom is -0.491 e. The van der Waals surface area contributed by atoms with Gasteiger partial charge in [-0.3, -0.25) is 0 Å². The molecule has 0 heterocycles. The van der Waals surface area contributed by atoms with Gasteiger partial charge in [0.2, 0.25) is 5.82 Å². The molecule has 2 aliphatic rings. The molecule has 2 fully saturated rings. The summed E-state index contributed by atoms with van der Waals surface area (Å²) in [6, 6.07) is 5.41. The van der Waals surface area contributed by atoms with Gasteiger partial charge in [-0.25, -0.2) is 13.2 Å². The van der Waals surface area contributed by atoms with Crippen molar-refractivity contribution in [3.05, 3.63) is 65.2 Å². The van der Waals surface area contributed by atoms with Crippen LogP contribution in [0.2, 0.25) is 0 Å². The maximum atomic E-state index is 15.1. The molecule has 0 N–H and O–H groups in total. The average molecular weight is 545 g/mol. The van der Waals surface area contributed by atoms with Crippen molar-refractivity contribution >= 4 is 0 Å². The van der Waals surface area contributed by atoms with Gasteiger partial charge in [-0.15, -0.1) is 0 Å². The average Bonchev–Trinajstić information content (AvgIpc) is 2.95. The highest BCUT2D eigenvalue weighted by molar-refractivity contribution is 5.66. The lowest BCUT2D eigenvalue weighted by Crippen LogP contribution is -2.15. The van der Waals surface area contributed by atoms with Gasteiger partial charge >= 0.3 is 0 Å². The van der Waals surface area contributed by atoms with Crippen LogP contribution in [0.4, 0.5) is 17.6 Å². The highest BCUT2D eigenvalue weighted by Gasteiger charge is 2.27. The third-order valence-corrected chi connectivity index (χ3v) is 9.04. The Morgan fingerprint density at radius 2 is 1.33 bits per heavy atom. The van der Waals surface area contributed by atoms with Crippen molar-refractivity contribution in [1.29, 1.82) is 0 Å². The molecule has 2 aromatic carbocycles. The number of halogens is 4. The number of unbranched alkanes of at least 4 members (excludes halogenated alkanes) is 1. The van der Waals surface area contributed by atoms with Crippen LogP contribution in [-0.2, 0) is 0 Å². The number of allylic oxidation sites excluding steroid dienone is 2. The van der Waals surface area contributed by atoms with Crippen molar-refractivity contribution in [2.24, 2.45) is 17.8 Å². The minimum absolute atomic E-state index is 0.0508. The largest absolute Gasteiger partial charge is 0.491 e. The summed E-state index contributed by atoms with van der Waals surface area (Å²) in [6.07, 6.45) is 20.2. The van der Waals surface area contributed by atoms with Crippen molar-refractivity contribution in [3.63, 3.8) is 0 Å². The van der Waals surface area contributed by atoms with Crippen molar-refractivity contribution < 1.29 is 22.3 Å². The molecular formula is C34H44F4O. The lowest BCUT2D eigenvalue weighted by atomic mass is 9.76. The summed E-state index contributed by atoms with van der Waals surface area (Å²) in [5, 5.41) is 0. The first-order valence-corrected chi connectivity index (χ1v) is 15.2. The Kier molecular flexibility index (Phi) is 10.9. The highest BCUT2D eigenvalue weighted by atomic mass is 19.2. The topological polar surface area (TPSA) is 9.23 Å². The lowest BCUT2D eigenvalue weighted by molar-refractivity contribution is 0.289. The molecule has 2 aromatic rings. The Labute approximate surface area is 232 Å². The van der Waals surface area contributed by atoms with Crippen LogP contribution in [0.15, 0.2) is 36.4 Å². The van der Waals surface area contributed by atoms with E-state index in [0.29, 0.717) is 11.5 Å². The second-order valence-electron chi connectivity index (χ2n) is 11.6. The van der Waals surface area contributed by atoms with Gasteiger partial charge in [-0.2, -0.15) is 4.39 Å². The summed E-state index contributed by atoms with van der Waals surface area (Å²) in [5.74, 6) is -2.49. The van der Waals surface area contributed by atoms with E-state index in [0.717, 1.165) is 50.4 Å². The van der Waals surface area contributed by atoms with Gasteiger partial charge in [0.15, 0.2) is 23.2 Å². The van der Waals surface area contributed by atoms with Crippen LogP contribution in [-0.4, -0.2) is 6.61 Å². The van der Waals surface area contributed by atoms with Crippen LogP contribution >= 0.6 is 0 Å². The third-order valence-electron chi connectivity index (χ3n) is 9.04. The van der Waals surface area contributed by atoms with Gasteiger partial charge in [0, 0.05) is 11.1 Å². The van der Waals surface area contributed by atoms with Gasteiger partial charge in [0.1, 0.15) is 0 Å². The monoisotopic (exact) mass is 544 g/mol. The van der Waals surface area contributed by atoms with Crippen LogP contribution in [0.25, 0.3) is 11.1 Å². The molecule has 1 nitrogen and oxygen atoms in total. The molecule has 0 atom stereocenters. The van der Waals surface area contributed by atoms with Gasteiger partial charge in [0.05, 0.1) is 6.61 Å². The molecule has 2 saturated carbocycles. The van der Waals surface area contributed by atoms with E-state index in [9.17, 15) is 8.78 Å². The van der Waals surface area contributed by atoms with Crippen LogP contribution in [0, 0.1) is 41.0 Å². The van der Waals surface area contributed by atoms with Crippen LogP contribution < -0.4 is 4.74 Å². The van der Waals surface area contributed by atoms with Crippen molar-refractivity contribution in [2.45, 2.75) is 103 Å². The Morgan fingerprint density at radius 1 is 0.718 bits per heavy atom. The molecule has 0 aromatic heterocycles. The zero-order valence-electron chi connectivity index (χ0n) is 23.6. The maximum Gasteiger partial charge on any atom is 0.201 e. The first-order valence-electron chi connectivity index (χ1n) is 15.2. The van der Waals surface area contributed by atoms with Crippen molar-refractivity contribution in [2.75, 3.05) is 6.61 Å². The molecule has 5 heteroatoms. The summed E-state index contributed by atoms with van der Waals surface area (Å²) in [7, 11) is 0. The molecule has 214 valence electrons. The summed E-state index contributed by atoms with van der Waals surface area (Å²) >= 11 is 0. The first-order chi connectivity index (χ1) is 18.9. The molecule has 0 unspecified atom stereocenters. The van der Waals surface area contributed by atoms with Crippen LogP contribution in [0.3, 0.4) is 0 Å². The SMILES string of the molecule is CCCCC1CCC(/C=C/CCC2CCC(c3ccc(-c4ccc(OCC)c(F)c4F)c(F)c3F)CC2)CC1. The van der Waals surface area contributed by atoms with Crippen molar-refractivity contribution in [1.82, 2.24) is 0 Å². The van der Waals surface area contributed by atoms with E-state index in [1.165, 1.54) is 63.1 Å². The van der Waals surface area contributed by atoms with Crippen molar-refractivity contribution in [3.8, 4) is 16.9 Å². The van der Waals surface area contributed by atoms with E-state index in [1.807, 2.05) is 0 Å². The standard InChI is InChI=1S/C34H44F4O/c1-3-5-8-23-11-13-24(14-12-23)9-6-7-10-25-15-17-26(18-16-25)27-19-20-28(32(36)31(27)35)29-21-22-30(39-4-2)34(38)33(29)37/h6,9,19-26H,3-5,7-8,10-18H2,1-2H3/b9-6+. The van der Waals surface area contributed by atoms with Gasteiger partial charge in [-0.1, -0.05) is 50.5 Å². The summed E-state index contributed by atoms with van der Waals surface area (Å²) in [5.41, 5.74) is -0.234. The predicted molar refractivity (Wildman–Crippen MR) is 151 cm³/mol. The Bertz CT molecular complexity index is 1090. The van der Waals surface area contributed by atoms with E-state index in [2.05, 4.69) is 19.1 Å². The smallest absolute Gasteiger partial charge is 0.201 e. The number of ether oxygens (including phenoxy) is 1. The normalized spacial score (nSPS) is 23.8. The maximum absolute atomic E-state index is 15.1. The fourth-order valence-electron chi connectivity index (χ4n) is 6.64. The first kappa shape index (κ1) is 29.7. The lowest BCUT2D eigenvalue weighted by Gasteiger charge is -2.29. The zero-order chi connectivity index (χ0) is 27.8. The van der Waals surface area contributed by atoms with Gasteiger partial charge in [-0.05, 0) is 112 Å². The number of hydrogen-bond donors (Lipinski definition) is 0.